The van der Waals surface area contributed by atoms with Gasteiger partial charge >= 0.3 is 17.9 Å². The Balaban J connectivity index is 4.34. The fourth-order valence-corrected chi connectivity index (χ4v) is 8.25. The molecule has 6 nitrogen and oxygen atoms in total. The molecule has 380 valence electrons. The topological polar surface area (TPSA) is 78.9 Å². The highest BCUT2D eigenvalue weighted by molar-refractivity contribution is 5.71. The number of carbonyl (C=O) groups excluding carboxylic acids is 3. The zero-order valence-electron chi connectivity index (χ0n) is 43.5. The number of rotatable bonds is 52. The van der Waals surface area contributed by atoms with E-state index in [0.29, 0.717) is 19.3 Å². The Kier molecular flexibility index (Phi) is 52.3. The first-order valence-corrected chi connectivity index (χ1v) is 28.5. The first-order valence-electron chi connectivity index (χ1n) is 28.5. The summed E-state index contributed by atoms with van der Waals surface area (Å²) >= 11 is 0. The van der Waals surface area contributed by atoms with E-state index >= 15 is 0 Å². The maximum Gasteiger partial charge on any atom is 0.306 e. The Bertz CT molecular complexity index is 1090. The lowest BCUT2D eigenvalue weighted by atomic mass is 10.1. The van der Waals surface area contributed by atoms with Gasteiger partial charge < -0.3 is 14.2 Å². The third kappa shape index (κ3) is 52.5. The fraction of sp³-hybridized carbons (Fsp3) is 0.847. The largest absolute Gasteiger partial charge is 0.462 e. The molecule has 0 aromatic carbocycles. The first kappa shape index (κ1) is 62.6. The summed E-state index contributed by atoms with van der Waals surface area (Å²) in [6, 6.07) is 0. The van der Waals surface area contributed by atoms with Crippen molar-refractivity contribution in [3.63, 3.8) is 0 Å². The van der Waals surface area contributed by atoms with E-state index < -0.39 is 6.10 Å². The quantitative estimate of drug-likeness (QED) is 0.0262. The lowest BCUT2D eigenvalue weighted by molar-refractivity contribution is -0.167. The summed E-state index contributed by atoms with van der Waals surface area (Å²) < 4.78 is 16.8. The molecule has 0 N–H and O–H groups in total. The van der Waals surface area contributed by atoms with Gasteiger partial charge in [-0.05, 0) is 96.3 Å². The third-order valence-corrected chi connectivity index (χ3v) is 12.6. The van der Waals surface area contributed by atoms with Crippen molar-refractivity contribution in [2.45, 2.75) is 309 Å². The number of esters is 3. The molecular formula is C59H108O6. The van der Waals surface area contributed by atoms with E-state index in [1.807, 2.05) is 0 Å². The summed E-state index contributed by atoms with van der Waals surface area (Å²) in [7, 11) is 0. The minimum atomic E-state index is -0.777. The molecule has 65 heavy (non-hydrogen) atoms. The molecule has 1 unspecified atom stereocenters. The highest BCUT2D eigenvalue weighted by Crippen LogP contribution is 2.15. The Morgan fingerprint density at radius 1 is 0.292 bits per heavy atom. The van der Waals surface area contributed by atoms with E-state index in [2.05, 4.69) is 57.2 Å². The second-order valence-electron chi connectivity index (χ2n) is 19.2. The minimum absolute atomic E-state index is 0.0768. The maximum absolute atomic E-state index is 12.8. The zero-order chi connectivity index (χ0) is 47.2. The number of carbonyl (C=O) groups is 3. The molecule has 0 heterocycles. The van der Waals surface area contributed by atoms with Crippen LogP contribution in [-0.2, 0) is 28.6 Å². The van der Waals surface area contributed by atoms with Gasteiger partial charge in [0, 0.05) is 19.3 Å². The molecule has 0 saturated heterocycles. The standard InChI is InChI=1S/C59H108O6/c1-4-7-10-13-16-19-22-25-27-29-31-32-34-37-40-43-46-49-52-58(61)64-55-56(54-63-57(60)51-48-45-42-39-36-24-21-18-15-12-9-6-3)65-59(62)53-50-47-44-41-38-35-33-30-28-26-23-20-17-14-11-8-5-2/h18,21,26-29,56H,4-17,19-20,22-25,30-55H2,1-3H3/b21-18-,28-26-,29-27-. The summed E-state index contributed by atoms with van der Waals surface area (Å²) in [6.07, 6.45) is 64.2. The van der Waals surface area contributed by atoms with Crippen LogP contribution in [0.4, 0.5) is 0 Å². The normalized spacial score (nSPS) is 12.2. The smallest absolute Gasteiger partial charge is 0.306 e. The second kappa shape index (κ2) is 54.2. The lowest BCUT2D eigenvalue weighted by Crippen LogP contribution is -2.30. The van der Waals surface area contributed by atoms with Crippen molar-refractivity contribution >= 4 is 17.9 Å². The molecule has 1 atom stereocenters. The number of hydrogen-bond acceptors (Lipinski definition) is 6. The molecule has 0 fully saturated rings. The van der Waals surface area contributed by atoms with Crippen molar-refractivity contribution < 1.29 is 28.6 Å². The van der Waals surface area contributed by atoms with E-state index in [9.17, 15) is 14.4 Å². The Hall–Kier alpha value is -2.37. The summed E-state index contributed by atoms with van der Waals surface area (Å²) in [5.41, 5.74) is 0. The van der Waals surface area contributed by atoms with E-state index in [-0.39, 0.29) is 31.1 Å². The van der Waals surface area contributed by atoms with Crippen LogP contribution < -0.4 is 0 Å². The van der Waals surface area contributed by atoms with Gasteiger partial charge in [0.2, 0.25) is 0 Å². The summed E-state index contributed by atoms with van der Waals surface area (Å²) in [5, 5.41) is 0. The molecule has 0 aromatic heterocycles. The van der Waals surface area contributed by atoms with Gasteiger partial charge in [0.1, 0.15) is 13.2 Å². The van der Waals surface area contributed by atoms with Gasteiger partial charge in [0.25, 0.3) is 0 Å². The molecule has 0 aliphatic heterocycles. The predicted octanol–water partition coefficient (Wildman–Crippen LogP) is 18.9. The molecule has 0 saturated carbocycles. The summed E-state index contributed by atoms with van der Waals surface area (Å²) in [4.78, 5) is 38.1. The van der Waals surface area contributed by atoms with Crippen molar-refractivity contribution in [1.82, 2.24) is 0 Å². The van der Waals surface area contributed by atoms with Gasteiger partial charge in [0.15, 0.2) is 6.10 Å². The number of hydrogen-bond donors (Lipinski definition) is 0. The van der Waals surface area contributed by atoms with Gasteiger partial charge in [-0.25, -0.2) is 0 Å². The van der Waals surface area contributed by atoms with Crippen LogP contribution in [0.3, 0.4) is 0 Å². The fourth-order valence-electron chi connectivity index (χ4n) is 8.25. The highest BCUT2D eigenvalue weighted by Gasteiger charge is 2.19. The average Bonchev–Trinajstić information content (AvgIpc) is 3.30. The van der Waals surface area contributed by atoms with Crippen molar-refractivity contribution in [3.05, 3.63) is 36.5 Å². The highest BCUT2D eigenvalue weighted by atomic mass is 16.6. The van der Waals surface area contributed by atoms with Crippen LogP contribution in [-0.4, -0.2) is 37.2 Å². The molecule has 0 aliphatic carbocycles. The molecule has 0 aliphatic rings. The molecule has 6 heteroatoms. The van der Waals surface area contributed by atoms with Gasteiger partial charge in [-0.2, -0.15) is 0 Å². The van der Waals surface area contributed by atoms with Crippen molar-refractivity contribution in [1.29, 1.82) is 0 Å². The number of allylic oxidation sites excluding steroid dienone is 6. The average molecular weight is 914 g/mol. The molecule has 0 rings (SSSR count). The van der Waals surface area contributed by atoms with E-state index in [0.717, 1.165) is 64.2 Å². The van der Waals surface area contributed by atoms with Crippen LogP contribution in [0, 0.1) is 0 Å². The van der Waals surface area contributed by atoms with Gasteiger partial charge in [-0.15, -0.1) is 0 Å². The number of ether oxygens (including phenoxy) is 3. The van der Waals surface area contributed by atoms with Crippen LogP contribution in [0.1, 0.15) is 303 Å². The Labute approximate surface area is 404 Å². The minimum Gasteiger partial charge on any atom is -0.462 e. The van der Waals surface area contributed by atoms with Crippen molar-refractivity contribution in [2.75, 3.05) is 13.2 Å². The third-order valence-electron chi connectivity index (χ3n) is 12.6. The van der Waals surface area contributed by atoms with Crippen molar-refractivity contribution in [3.8, 4) is 0 Å². The van der Waals surface area contributed by atoms with Crippen LogP contribution in [0.25, 0.3) is 0 Å². The zero-order valence-corrected chi connectivity index (χ0v) is 43.5. The van der Waals surface area contributed by atoms with Crippen LogP contribution in [0.5, 0.6) is 0 Å². The molecule has 0 spiro atoms. The summed E-state index contributed by atoms with van der Waals surface area (Å²) in [5.74, 6) is -0.881. The van der Waals surface area contributed by atoms with Crippen LogP contribution >= 0.6 is 0 Å². The molecule has 0 amide bonds. The van der Waals surface area contributed by atoms with Crippen LogP contribution in [0.2, 0.25) is 0 Å². The molecule has 0 radical (unpaired) electrons. The van der Waals surface area contributed by atoms with E-state index in [1.54, 1.807) is 0 Å². The van der Waals surface area contributed by atoms with Gasteiger partial charge in [-0.3, -0.25) is 14.4 Å². The monoisotopic (exact) mass is 913 g/mol. The molecule has 0 aromatic rings. The van der Waals surface area contributed by atoms with Crippen molar-refractivity contribution in [2.24, 2.45) is 0 Å². The van der Waals surface area contributed by atoms with E-state index in [1.165, 1.54) is 199 Å². The molecule has 0 bridgehead atoms. The van der Waals surface area contributed by atoms with Gasteiger partial charge in [-0.1, -0.05) is 224 Å². The summed E-state index contributed by atoms with van der Waals surface area (Å²) in [6.45, 7) is 6.63. The molecular weight excluding hydrogens is 805 g/mol. The Morgan fingerprint density at radius 2 is 0.508 bits per heavy atom. The number of unbranched alkanes of at least 4 members (excludes halogenated alkanes) is 35. The lowest BCUT2D eigenvalue weighted by Gasteiger charge is -2.18. The maximum atomic E-state index is 12.8. The second-order valence-corrected chi connectivity index (χ2v) is 19.2. The van der Waals surface area contributed by atoms with Gasteiger partial charge in [0.05, 0.1) is 0 Å². The predicted molar refractivity (Wildman–Crippen MR) is 279 cm³/mol. The van der Waals surface area contributed by atoms with Crippen LogP contribution in [0.15, 0.2) is 36.5 Å². The SMILES string of the molecule is CCCCC/C=C\CCCCCCCC(=O)OCC(COC(=O)CCCCCCCCC/C=C\CCCCCCCCC)OC(=O)CCCCCCCCC/C=C\CCCCCCCC. The van der Waals surface area contributed by atoms with E-state index in [4.69, 9.17) is 14.2 Å². The Morgan fingerprint density at radius 3 is 0.800 bits per heavy atom. The first-order chi connectivity index (χ1) is 32.0.